The van der Waals surface area contributed by atoms with E-state index in [1.165, 1.54) is 30.6 Å². The van der Waals surface area contributed by atoms with E-state index in [2.05, 4.69) is 0 Å². The SMILES string of the molecule is O=C1C2=C(CCCC2)C(=O)N1CC1OCC2CCCCC2CO1. The third-order valence-corrected chi connectivity index (χ3v) is 5.86. The maximum Gasteiger partial charge on any atom is 0.257 e. The van der Waals surface area contributed by atoms with Crippen molar-refractivity contribution < 1.29 is 19.1 Å². The summed E-state index contributed by atoms with van der Waals surface area (Å²) >= 11 is 0. The number of amides is 2. The molecule has 0 aromatic carbocycles. The number of fused-ring (bicyclic) bond motifs is 1. The molecule has 0 radical (unpaired) electrons. The van der Waals surface area contributed by atoms with Gasteiger partial charge < -0.3 is 9.47 Å². The smallest absolute Gasteiger partial charge is 0.257 e. The quantitative estimate of drug-likeness (QED) is 0.734. The van der Waals surface area contributed by atoms with Crippen LogP contribution in [0.4, 0.5) is 0 Å². The summed E-state index contributed by atoms with van der Waals surface area (Å²) in [5.74, 6) is 0.923. The monoisotopic (exact) mass is 319 g/mol. The summed E-state index contributed by atoms with van der Waals surface area (Å²) in [6.45, 7) is 1.63. The summed E-state index contributed by atoms with van der Waals surface area (Å²) in [4.78, 5) is 26.4. The molecule has 0 bridgehead atoms. The summed E-state index contributed by atoms with van der Waals surface area (Å²) < 4.78 is 11.8. The minimum absolute atomic E-state index is 0.112. The zero-order valence-corrected chi connectivity index (χ0v) is 13.6. The van der Waals surface area contributed by atoms with Crippen LogP contribution in [0, 0.1) is 11.8 Å². The summed E-state index contributed by atoms with van der Waals surface area (Å²) in [5.41, 5.74) is 1.48. The van der Waals surface area contributed by atoms with Crippen LogP contribution in [0.2, 0.25) is 0 Å². The van der Waals surface area contributed by atoms with Crippen LogP contribution in [0.3, 0.4) is 0 Å². The van der Waals surface area contributed by atoms with Crippen LogP contribution < -0.4 is 0 Å². The topological polar surface area (TPSA) is 55.8 Å². The van der Waals surface area contributed by atoms with Crippen molar-refractivity contribution in [3.05, 3.63) is 11.1 Å². The molecule has 4 aliphatic rings. The van der Waals surface area contributed by atoms with E-state index >= 15 is 0 Å². The first-order chi connectivity index (χ1) is 11.2. The summed E-state index contributed by atoms with van der Waals surface area (Å²) in [6, 6.07) is 0. The lowest BCUT2D eigenvalue weighted by Gasteiger charge is -2.27. The molecule has 2 heterocycles. The van der Waals surface area contributed by atoms with Crippen LogP contribution in [-0.4, -0.2) is 42.8 Å². The maximum absolute atomic E-state index is 12.5. The first kappa shape index (κ1) is 15.3. The van der Waals surface area contributed by atoms with Gasteiger partial charge in [0.2, 0.25) is 0 Å². The second kappa shape index (κ2) is 6.36. The summed E-state index contributed by atoms with van der Waals surface area (Å²) in [5, 5.41) is 0. The number of rotatable bonds is 2. The van der Waals surface area contributed by atoms with Gasteiger partial charge in [0.15, 0.2) is 6.29 Å². The molecule has 23 heavy (non-hydrogen) atoms. The second-order valence-corrected chi connectivity index (χ2v) is 7.29. The first-order valence-corrected chi connectivity index (χ1v) is 9.05. The normalized spacial score (nSPS) is 35.1. The van der Waals surface area contributed by atoms with Crippen LogP contribution in [0.5, 0.6) is 0 Å². The van der Waals surface area contributed by atoms with Gasteiger partial charge in [-0.3, -0.25) is 14.5 Å². The number of hydrogen-bond acceptors (Lipinski definition) is 4. The van der Waals surface area contributed by atoms with Crippen molar-refractivity contribution in [3.8, 4) is 0 Å². The number of imide groups is 1. The zero-order valence-electron chi connectivity index (χ0n) is 13.6. The van der Waals surface area contributed by atoms with Gasteiger partial charge in [0.05, 0.1) is 19.8 Å². The molecule has 0 N–H and O–H groups in total. The van der Waals surface area contributed by atoms with Gasteiger partial charge in [-0.25, -0.2) is 0 Å². The molecule has 2 atom stereocenters. The molecular weight excluding hydrogens is 294 g/mol. The molecule has 2 amide bonds. The molecule has 1 saturated heterocycles. The average molecular weight is 319 g/mol. The fourth-order valence-corrected chi connectivity index (χ4v) is 4.45. The Hall–Kier alpha value is -1.20. The highest BCUT2D eigenvalue weighted by Crippen LogP contribution is 2.35. The van der Waals surface area contributed by atoms with Gasteiger partial charge in [-0.05, 0) is 50.4 Å². The number of carbonyl (C=O) groups is 2. The van der Waals surface area contributed by atoms with Crippen molar-refractivity contribution in [2.75, 3.05) is 19.8 Å². The van der Waals surface area contributed by atoms with E-state index in [1.807, 2.05) is 0 Å². The summed E-state index contributed by atoms with van der Waals surface area (Å²) in [6.07, 6.45) is 7.99. The fraction of sp³-hybridized carbons (Fsp3) is 0.778. The Morgan fingerprint density at radius 1 is 0.826 bits per heavy atom. The molecule has 0 aromatic heterocycles. The minimum atomic E-state index is -0.463. The van der Waals surface area contributed by atoms with Gasteiger partial charge in [-0.1, -0.05) is 12.8 Å². The van der Waals surface area contributed by atoms with Gasteiger partial charge in [-0.15, -0.1) is 0 Å². The molecule has 4 rings (SSSR count). The first-order valence-electron chi connectivity index (χ1n) is 9.05. The summed E-state index contributed by atoms with van der Waals surface area (Å²) in [7, 11) is 0. The van der Waals surface area contributed by atoms with E-state index in [-0.39, 0.29) is 18.4 Å². The molecule has 0 spiro atoms. The highest BCUT2D eigenvalue weighted by molar-refractivity contribution is 6.19. The molecule has 2 aliphatic carbocycles. The van der Waals surface area contributed by atoms with E-state index < -0.39 is 6.29 Å². The lowest BCUT2D eigenvalue weighted by molar-refractivity contribution is -0.159. The Morgan fingerprint density at radius 2 is 1.35 bits per heavy atom. The van der Waals surface area contributed by atoms with Crippen LogP contribution in [0.25, 0.3) is 0 Å². The molecule has 2 fully saturated rings. The van der Waals surface area contributed by atoms with Gasteiger partial charge in [-0.2, -0.15) is 0 Å². The van der Waals surface area contributed by atoms with Gasteiger partial charge in [0.1, 0.15) is 0 Å². The van der Waals surface area contributed by atoms with Gasteiger partial charge in [0.25, 0.3) is 11.8 Å². The molecule has 1 saturated carbocycles. The minimum Gasteiger partial charge on any atom is -0.350 e. The third kappa shape index (κ3) is 2.85. The Bertz CT molecular complexity index is 497. The van der Waals surface area contributed by atoms with E-state index in [1.54, 1.807) is 0 Å². The lowest BCUT2D eigenvalue weighted by Crippen LogP contribution is -2.40. The Kier molecular flexibility index (Phi) is 4.24. The molecule has 0 aromatic rings. The largest absolute Gasteiger partial charge is 0.350 e. The molecule has 5 heteroatoms. The Morgan fingerprint density at radius 3 is 1.87 bits per heavy atom. The van der Waals surface area contributed by atoms with E-state index in [0.29, 0.717) is 25.0 Å². The average Bonchev–Trinajstić information content (AvgIpc) is 2.75. The maximum atomic E-state index is 12.5. The Balaban J connectivity index is 1.41. The van der Waals surface area contributed by atoms with Crippen molar-refractivity contribution in [1.82, 2.24) is 4.90 Å². The fourth-order valence-electron chi connectivity index (χ4n) is 4.45. The van der Waals surface area contributed by atoms with Gasteiger partial charge in [0, 0.05) is 11.1 Å². The number of nitrogens with zero attached hydrogens (tertiary/aromatic N) is 1. The van der Waals surface area contributed by atoms with Crippen molar-refractivity contribution in [2.45, 2.75) is 57.7 Å². The highest BCUT2D eigenvalue weighted by atomic mass is 16.7. The third-order valence-electron chi connectivity index (χ3n) is 5.86. The second-order valence-electron chi connectivity index (χ2n) is 7.29. The van der Waals surface area contributed by atoms with Crippen LogP contribution in [-0.2, 0) is 19.1 Å². The Labute approximate surface area is 137 Å². The molecular formula is C18H25NO4. The standard InChI is InChI=1S/C18H25NO4/c20-17-14-7-3-4-8-15(14)18(21)19(17)9-16-22-10-12-5-1-2-6-13(12)11-23-16/h12-13,16H,1-11H2. The predicted molar refractivity (Wildman–Crippen MR) is 83.4 cm³/mol. The van der Waals surface area contributed by atoms with Crippen LogP contribution in [0.15, 0.2) is 11.1 Å². The van der Waals surface area contributed by atoms with Crippen LogP contribution in [0.1, 0.15) is 51.4 Å². The predicted octanol–water partition coefficient (Wildman–Crippen LogP) is 2.41. The molecule has 126 valence electrons. The number of carbonyl (C=O) groups excluding carboxylic acids is 2. The zero-order chi connectivity index (χ0) is 15.8. The van der Waals surface area contributed by atoms with Gasteiger partial charge >= 0.3 is 0 Å². The molecule has 2 unspecified atom stereocenters. The van der Waals surface area contributed by atoms with E-state index in [4.69, 9.17) is 9.47 Å². The number of ether oxygens (including phenoxy) is 2. The van der Waals surface area contributed by atoms with Crippen molar-refractivity contribution >= 4 is 11.8 Å². The lowest BCUT2D eigenvalue weighted by atomic mass is 9.80. The van der Waals surface area contributed by atoms with E-state index in [0.717, 1.165) is 36.8 Å². The van der Waals surface area contributed by atoms with Crippen molar-refractivity contribution in [2.24, 2.45) is 11.8 Å². The highest BCUT2D eigenvalue weighted by Gasteiger charge is 2.41. The van der Waals surface area contributed by atoms with Crippen molar-refractivity contribution in [1.29, 1.82) is 0 Å². The van der Waals surface area contributed by atoms with E-state index in [9.17, 15) is 9.59 Å². The van der Waals surface area contributed by atoms with Crippen LogP contribution >= 0.6 is 0 Å². The number of hydrogen-bond donors (Lipinski definition) is 0. The molecule has 5 nitrogen and oxygen atoms in total. The molecule has 2 aliphatic heterocycles. The van der Waals surface area contributed by atoms with Crippen molar-refractivity contribution in [3.63, 3.8) is 0 Å².